The van der Waals surface area contributed by atoms with Crippen molar-refractivity contribution in [2.24, 2.45) is 0 Å². The Morgan fingerprint density at radius 2 is 1.61 bits per heavy atom. The summed E-state index contributed by atoms with van der Waals surface area (Å²) in [6, 6.07) is 11.9. The molecule has 0 spiro atoms. The van der Waals surface area contributed by atoms with Crippen molar-refractivity contribution in [3.63, 3.8) is 0 Å². The van der Waals surface area contributed by atoms with Crippen LogP contribution in [0.1, 0.15) is 30.1 Å². The molecule has 0 heterocycles. The fourth-order valence-corrected chi connectivity index (χ4v) is 3.26. The Morgan fingerprint density at radius 3 is 2.18 bits per heavy atom. The van der Waals surface area contributed by atoms with E-state index in [2.05, 4.69) is 21.2 Å². The molecule has 1 N–H and O–H groups in total. The van der Waals surface area contributed by atoms with Crippen molar-refractivity contribution < 1.29 is 14.4 Å². The normalized spacial score (nSPS) is 10.4. The largest absolute Gasteiger partial charge is 0.334 e. The predicted molar refractivity (Wildman–Crippen MR) is 115 cm³/mol. The molecule has 2 aromatic carbocycles. The van der Waals surface area contributed by atoms with Gasteiger partial charge in [0.05, 0.1) is 22.3 Å². The molecule has 0 radical (unpaired) electrons. The number of likely N-dealkylation sites (N-methyl/N-ethyl adjacent to an activating group) is 1. The van der Waals surface area contributed by atoms with Crippen molar-refractivity contribution in [3.8, 4) is 0 Å². The summed E-state index contributed by atoms with van der Waals surface area (Å²) in [5.41, 5.74) is 0.856. The first-order valence-corrected chi connectivity index (χ1v) is 10.2. The number of nitrogens with zero attached hydrogens (tertiary/aromatic N) is 1. The lowest BCUT2D eigenvalue weighted by Gasteiger charge is -2.20. The van der Waals surface area contributed by atoms with Gasteiger partial charge in [0, 0.05) is 29.4 Å². The van der Waals surface area contributed by atoms with Gasteiger partial charge < -0.3 is 10.2 Å². The number of para-hydroxylation sites is 1. The van der Waals surface area contributed by atoms with E-state index in [1.165, 1.54) is 4.90 Å². The summed E-state index contributed by atoms with van der Waals surface area (Å²) in [5, 5.41) is 3.26. The first-order valence-electron chi connectivity index (χ1n) is 8.62. The highest BCUT2D eigenvalue weighted by molar-refractivity contribution is 9.10. The molecule has 28 heavy (non-hydrogen) atoms. The fraction of sp³-hybridized carbons (Fsp3) is 0.250. The summed E-state index contributed by atoms with van der Waals surface area (Å²) in [4.78, 5) is 38.3. The molecule has 0 fully saturated rings. The molecule has 0 atom stereocenters. The van der Waals surface area contributed by atoms with Gasteiger partial charge in [0.25, 0.3) is 0 Å². The van der Waals surface area contributed by atoms with Crippen LogP contribution in [0.3, 0.4) is 0 Å². The zero-order valence-corrected chi connectivity index (χ0v) is 18.3. The lowest BCUT2D eigenvalue weighted by atomic mass is 10.1. The van der Waals surface area contributed by atoms with Crippen molar-refractivity contribution in [1.29, 1.82) is 0 Å². The third kappa shape index (κ3) is 6.33. The van der Waals surface area contributed by atoms with E-state index in [1.807, 2.05) is 0 Å². The van der Waals surface area contributed by atoms with Gasteiger partial charge in [0.1, 0.15) is 0 Å². The molecule has 148 valence electrons. The first-order chi connectivity index (χ1) is 13.3. The molecule has 2 amide bonds. The molecular weight excluding hydrogens is 467 g/mol. The lowest BCUT2D eigenvalue weighted by molar-refractivity contribution is -0.134. The van der Waals surface area contributed by atoms with Crippen LogP contribution in [0.25, 0.3) is 0 Å². The highest BCUT2D eigenvalue weighted by Gasteiger charge is 2.18. The second kappa shape index (κ2) is 10.6. The molecule has 8 heteroatoms. The van der Waals surface area contributed by atoms with E-state index in [9.17, 15) is 14.4 Å². The number of ketones is 1. The Hall–Kier alpha value is -1.89. The molecule has 0 aromatic heterocycles. The summed E-state index contributed by atoms with van der Waals surface area (Å²) >= 11 is 15.4. The maximum atomic E-state index is 12.4. The number of halogens is 3. The highest BCUT2D eigenvalue weighted by atomic mass is 79.9. The average Bonchev–Trinajstić information content (AvgIpc) is 2.67. The van der Waals surface area contributed by atoms with E-state index in [0.717, 1.165) is 4.47 Å². The van der Waals surface area contributed by atoms with Gasteiger partial charge in [-0.25, -0.2) is 0 Å². The van der Waals surface area contributed by atoms with Crippen LogP contribution in [-0.2, 0) is 9.59 Å². The number of hydrogen-bond acceptors (Lipinski definition) is 3. The lowest BCUT2D eigenvalue weighted by Crippen LogP contribution is -2.38. The molecule has 0 unspecified atom stereocenters. The van der Waals surface area contributed by atoms with Gasteiger partial charge in [0.2, 0.25) is 11.8 Å². The monoisotopic (exact) mass is 484 g/mol. The molecule has 2 rings (SSSR count). The van der Waals surface area contributed by atoms with Gasteiger partial charge in [0.15, 0.2) is 5.78 Å². The number of nitrogens with one attached hydrogen (secondary N) is 1. The van der Waals surface area contributed by atoms with E-state index in [1.54, 1.807) is 49.4 Å². The van der Waals surface area contributed by atoms with Gasteiger partial charge >= 0.3 is 0 Å². The number of hydrogen-bond donors (Lipinski definition) is 1. The van der Waals surface area contributed by atoms with Crippen LogP contribution in [-0.4, -0.2) is 35.6 Å². The quantitative estimate of drug-likeness (QED) is 0.522. The number of benzene rings is 2. The maximum Gasteiger partial charge on any atom is 0.244 e. The smallest absolute Gasteiger partial charge is 0.244 e. The average molecular weight is 486 g/mol. The number of anilines is 1. The minimum atomic E-state index is -0.413. The van der Waals surface area contributed by atoms with Gasteiger partial charge in [-0.05, 0) is 31.2 Å². The van der Waals surface area contributed by atoms with E-state index in [0.29, 0.717) is 27.8 Å². The van der Waals surface area contributed by atoms with Crippen LogP contribution in [0.5, 0.6) is 0 Å². The van der Waals surface area contributed by atoms with Crippen LogP contribution in [0.2, 0.25) is 10.0 Å². The zero-order valence-electron chi connectivity index (χ0n) is 15.2. The number of carbonyl (C=O) groups is 3. The van der Waals surface area contributed by atoms with E-state index in [4.69, 9.17) is 23.2 Å². The third-order valence-electron chi connectivity index (χ3n) is 4.03. The number of rotatable bonds is 8. The van der Waals surface area contributed by atoms with Crippen molar-refractivity contribution in [3.05, 3.63) is 62.5 Å². The second-order valence-corrected chi connectivity index (χ2v) is 7.71. The van der Waals surface area contributed by atoms with Gasteiger partial charge in [-0.2, -0.15) is 0 Å². The van der Waals surface area contributed by atoms with Crippen molar-refractivity contribution in [2.45, 2.75) is 19.8 Å². The molecule has 0 saturated heterocycles. The number of amides is 2. The highest BCUT2D eigenvalue weighted by Crippen LogP contribution is 2.29. The molecule has 0 aliphatic carbocycles. The van der Waals surface area contributed by atoms with Crippen LogP contribution in [0.15, 0.2) is 46.9 Å². The summed E-state index contributed by atoms with van der Waals surface area (Å²) < 4.78 is 0.877. The number of carbonyl (C=O) groups excluding carboxylic acids is 3. The molecule has 5 nitrogen and oxygen atoms in total. The number of Topliss-reactive ketones (excluding diaryl/α,β-unsaturated/α-hetero) is 1. The minimum Gasteiger partial charge on any atom is -0.334 e. The Kier molecular flexibility index (Phi) is 8.48. The first kappa shape index (κ1) is 22.4. The van der Waals surface area contributed by atoms with E-state index in [-0.39, 0.29) is 31.1 Å². The summed E-state index contributed by atoms with van der Waals surface area (Å²) in [5.74, 6) is -0.804. The van der Waals surface area contributed by atoms with Crippen LogP contribution < -0.4 is 5.32 Å². The summed E-state index contributed by atoms with van der Waals surface area (Å²) in [7, 11) is 0. The van der Waals surface area contributed by atoms with Crippen LogP contribution in [0, 0.1) is 0 Å². The molecule has 0 saturated carbocycles. The van der Waals surface area contributed by atoms with Gasteiger partial charge in [-0.1, -0.05) is 57.3 Å². The predicted octanol–water partition coefficient (Wildman–Crippen LogP) is 5.21. The SMILES string of the molecule is CCN(CC(=O)Nc1c(Cl)cccc1Cl)C(=O)CCC(=O)c1ccc(Br)cc1. The Morgan fingerprint density at radius 1 is 1.00 bits per heavy atom. The minimum absolute atomic E-state index is 0.0306. The molecule has 2 aromatic rings. The molecule has 0 aliphatic heterocycles. The molecule has 0 aliphatic rings. The topological polar surface area (TPSA) is 66.5 Å². The van der Waals surface area contributed by atoms with Gasteiger partial charge in [-0.3, -0.25) is 14.4 Å². The van der Waals surface area contributed by atoms with Crippen molar-refractivity contribution in [2.75, 3.05) is 18.4 Å². The third-order valence-corrected chi connectivity index (χ3v) is 5.19. The second-order valence-electron chi connectivity index (χ2n) is 5.98. The Labute approximate surface area is 182 Å². The maximum absolute atomic E-state index is 12.4. The Balaban J connectivity index is 1.91. The fourth-order valence-electron chi connectivity index (χ4n) is 2.50. The van der Waals surface area contributed by atoms with Crippen LogP contribution >= 0.6 is 39.1 Å². The van der Waals surface area contributed by atoms with Gasteiger partial charge in [-0.15, -0.1) is 0 Å². The van der Waals surface area contributed by atoms with Crippen LogP contribution in [0.4, 0.5) is 5.69 Å². The zero-order chi connectivity index (χ0) is 20.7. The van der Waals surface area contributed by atoms with E-state index >= 15 is 0 Å². The summed E-state index contributed by atoms with van der Waals surface area (Å²) in [6.45, 7) is 1.96. The summed E-state index contributed by atoms with van der Waals surface area (Å²) in [6.07, 6.45) is 0.109. The Bertz CT molecular complexity index is 852. The van der Waals surface area contributed by atoms with E-state index < -0.39 is 5.91 Å². The van der Waals surface area contributed by atoms with Crippen molar-refractivity contribution >= 4 is 62.4 Å². The molecule has 0 bridgehead atoms. The molecular formula is C20H19BrCl2N2O3. The van der Waals surface area contributed by atoms with Crippen molar-refractivity contribution in [1.82, 2.24) is 4.90 Å². The standard InChI is InChI=1S/C20H19BrCl2N2O3/c1-2-25(12-18(27)24-20-15(22)4-3-5-16(20)23)19(28)11-10-17(26)13-6-8-14(21)9-7-13/h3-9H,2,10-12H2,1H3,(H,24,27).